The van der Waals surface area contributed by atoms with Crippen molar-refractivity contribution in [2.24, 2.45) is 0 Å². The average Bonchev–Trinajstić information content (AvgIpc) is 3.39. The fraction of sp³-hybridized carbons (Fsp3) is 0.208. The summed E-state index contributed by atoms with van der Waals surface area (Å²) >= 11 is 6.05. The van der Waals surface area contributed by atoms with Crippen LogP contribution in [0.1, 0.15) is 28.8 Å². The van der Waals surface area contributed by atoms with Gasteiger partial charge in [-0.25, -0.2) is 23.4 Å². The maximum absolute atomic E-state index is 13.7. The van der Waals surface area contributed by atoms with Crippen molar-refractivity contribution in [3.63, 3.8) is 0 Å². The molecular weight excluding hydrogens is 477 g/mol. The molecule has 0 atom stereocenters. The molecule has 4 aromatic rings. The smallest absolute Gasteiger partial charge is 0.359 e. The number of hydrogen-bond donors (Lipinski definition) is 0. The van der Waals surface area contributed by atoms with Crippen molar-refractivity contribution < 1.29 is 18.8 Å². The van der Waals surface area contributed by atoms with Crippen LogP contribution in [-0.4, -0.2) is 36.8 Å². The molecule has 0 amide bonds. The molecule has 2 aromatic carbocycles. The van der Waals surface area contributed by atoms with Crippen molar-refractivity contribution in [1.29, 1.82) is 0 Å². The topological polar surface area (TPSA) is 105 Å². The lowest BCUT2D eigenvalue weighted by atomic mass is 10.0. The van der Waals surface area contributed by atoms with Gasteiger partial charge < -0.3 is 14.9 Å². The zero-order valence-electron chi connectivity index (χ0n) is 18.9. The Balaban J connectivity index is 1.90. The highest BCUT2D eigenvalue weighted by molar-refractivity contribution is 6.30. The van der Waals surface area contributed by atoms with Crippen LogP contribution in [0.15, 0.2) is 54.7 Å². The van der Waals surface area contributed by atoms with Crippen LogP contribution in [0.5, 0.6) is 0 Å². The van der Waals surface area contributed by atoms with Crippen molar-refractivity contribution >= 4 is 23.4 Å². The maximum Gasteiger partial charge on any atom is 0.359 e. The normalized spacial score (nSPS) is 11.0. The summed E-state index contributed by atoms with van der Waals surface area (Å²) < 4.78 is 22.0. The number of esters is 1. The fourth-order valence-electron chi connectivity index (χ4n) is 3.83. The number of aryl methyl sites for hydroxylation is 1. The first-order valence-corrected chi connectivity index (χ1v) is 11.1. The summed E-state index contributed by atoms with van der Waals surface area (Å²) in [5, 5.41) is 16.5. The van der Waals surface area contributed by atoms with Gasteiger partial charge in [-0.05, 0) is 60.4 Å². The van der Waals surface area contributed by atoms with E-state index in [0.29, 0.717) is 33.4 Å². The van der Waals surface area contributed by atoms with Gasteiger partial charge in [0.15, 0.2) is 11.5 Å². The van der Waals surface area contributed by atoms with Crippen molar-refractivity contribution in [3.05, 3.63) is 92.8 Å². The fourth-order valence-corrected chi connectivity index (χ4v) is 3.95. The Bertz CT molecular complexity index is 1380. The van der Waals surface area contributed by atoms with Gasteiger partial charge in [-0.2, -0.15) is 5.10 Å². The molecule has 2 heterocycles. The standard InChI is InChI=1S/C24H21ClFN5O4/c1-3-35-24(32)22-20(12-13-29-15(2)27-14-21(29)31(33)34)23(16-4-8-18(26)9-5-16)30(28-22)19-10-6-17(25)7-11-19/h4-11,14H,3,12-13H2,1-2H3. The lowest BCUT2D eigenvalue weighted by Gasteiger charge is -2.11. The molecule has 0 N–H and O–H groups in total. The highest BCUT2D eigenvalue weighted by atomic mass is 35.5. The number of hydrogen-bond acceptors (Lipinski definition) is 6. The molecule has 0 bridgehead atoms. The second kappa shape index (κ2) is 10.1. The molecular formula is C24H21ClFN5O4. The summed E-state index contributed by atoms with van der Waals surface area (Å²) in [4.78, 5) is 27.9. The van der Waals surface area contributed by atoms with Crippen LogP contribution in [0.25, 0.3) is 16.9 Å². The summed E-state index contributed by atoms with van der Waals surface area (Å²) in [7, 11) is 0. The monoisotopic (exact) mass is 497 g/mol. The molecule has 0 aliphatic heterocycles. The number of carbonyl (C=O) groups excluding carboxylic acids is 1. The highest BCUT2D eigenvalue weighted by Gasteiger charge is 2.27. The molecule has 0 saturated carbocycles. The molecule has 4 rings (SSSR count). The quantitative estimate of drug-likeness (QED) is 0.189. The molecule has 35 heavy (non-hydrogen) atoms. The third-order valence-electron chi connectivity index (χ3n) is 5.45. The van der Waals surface area contributed by atoms with E-state index in [9.17, 15) is 19.3 Å². The Morgan fingerprint density at radius 3 is 2.49 bits per heavy atom. The van der Waals surface area contributed by atoms with Crippen LogP contribution in [-0.2, 0) is 17.7 Å². The summed E-state index contributed by atoms with van der Waals surface area (Å²) in [6, 6.07) is 12.7. The first kappa shape index (κ1) is 24.1. The van der Waals surface area contributed by atoms with E-state index in [-0.39, 0.29) is 31.1 Å². The minimum Gasteiger partial charge on any atom is -0.461 e. The van der Waals surface area contributed by atoms with Crippen molar-refractivity contribution in [3.8, 4) is 16.9 Å². The van der Waals surface area contributed by atoms with Crippen molar-refractivity contribution in [2.75, 3.05) is 6.61 Å². The largest absolute Gasteiger partial charge is 0.461 e. The van der Waals surface area contributed by atoms with Gasteiger partial charge in [-0.1, -0.05) is 11.6 Å². The molecule has 0 fully saturated rings. The first-order chi connectivity index (χ1) is 16.8. The van der Waals surface area contributed by atoms with Crippen LogP contribution in [0.3, 0.4) is 0 Å². The lowest BCUT2D eigenvalue weighted by Crippen LogP contribution is -2.12. The van der Waals surface area contributed by atoms with Crippen LogP contribution in [0, 0.1) is 22.9 Å². The van der Waals surface area contributed by atoms with Crippen LogP contribution in [0.4, 0.5) is 10.2 Å². The third kappa shape index (κ3) is 4.92. The van der Waals surface area contributed by atoms with Crippen LogP contribution in [0.2, 0.25) is 5.02 Å². The van der Waals surface area contributed by atoms with Crippen molar-refractivity contribution in [2.45, 2.75) is 26.8 Å². The zero-order valence-corrected chi connectivity index (χ0v) is 19.7. The summed E-state index contributed by atoms with van der Waals surface area (Å²) in [6.07, 6.45) is 1.39. The second-order valence-corrected chi connectivity index (χ2v) is 8.05. The Hall–Kier alpha value is -4.05. The number of benzene rings is 2. The average molecular weight is 498 g/mol. The van der Waals surface area contributed by atoms with Gasteiger partial charge in [-0.15, -0.1) is 0 Å². The summed E-state index contributed by atoms with van der Waals surface area (Å²) in [5.74, 6) is -0.741. The Kier molecular flexibility index (Phi) is 6.92. The predicted molar refractivity (Wildman–Crippen MR) is 127 cm³/mol. The van der Waals surface area contributed by atoms with Gasteiger partial charge >= 0.3 is 11.8 Å². The van der Waals surface area contributed by atoms with E-state index in [2.05, 4.69) is 10.1 Å². The number of halogens is 2. The van der Waals surface area contributed by atoms with Crippen LogP contribution < -0.4 is 0 Å². The van der Waals surface area contributed by atoms with Gasteiger partial charge in [0.1, 0.15) is 12.0 Å². The maximum atomic E-state index is 13.7. The minimum atomic E-state index is -0.629. The summed E-state index contributed by atoms with van der Waals surface area (Å²) in [6.45, 7) is 3.66. The second-order valence-electron chi connectivity index (χ2n) is 7.61. The Morgan fingerprint density at radius 1 is 1.17 bits per heavy atom. The Labute approximate surface area is 204 Å². The molecule has 0 aliphatic carbocycles. The number of aromatic nitrogens is 4. The van der Waals surface area contributed by atoms with E-state index >= 15 is 0 Å². The Morgan fingerprint density at radius 2 is 1.86 bits per heavy atom. The van der Waals surface area contributed by atoms with Crippen LogP contribution >= 0.6 is 11.6 Å². The SMILES string of the molecule is CCOC(=O)c1nn(-c2ccc(Cl)cc2)c(-c2ccc(F)cc2)c1CCn1c([N+](=O)[O-])cnc1C. The predicted octanol–water partition coefficient (Wildman–Crippen LogP) is 5.16. The van der Waals surface area contributed by atoms with Gasteiger partial charge in [0.05, 0.1) is 24.5 Å². The molecule has 11 heteroatoms. The number of ether oxygens (including phenoxy) is 1. The third-order valence-corrected chi connectivity index (χ3v) is 5.70. The van der Waals surface area contributed by atoms with Gasteiger partial charge in [-0.3, -0.25) is 0 Å². The molecule has 180 valence electrons. The molecule has 9 nitrogen and oxygen atoms in total. The van der Waals surface area contributed by atoms with Gasteiger partial charge in [0.2, 0.25) is 0 Å². The van der Waals surface area contributed by atoms with Gasteiger partial charge in [0, 0.05) is 29.5 Å². The van der Waals surface area contributed by atoms with E-state index in [0.717, 1.165) is 0 Å². The van der Waals surface area contributed by atoms with E-state index in [1.165, 1.54) is 22.9 Å². The van der Waals surface area contributed by atoms with Gasteiger partial charge in [0.25, 0.3) is 0 Å². The molecule has 2 aromatic heterocycles. The highest BCUT2D eigenvalue weighted by Crippen LogP contribution is 2.32. The van der Waals surface area contributed by atoms with E-state index in [1.807, 2.05) is 0 Å². The molecule has 0 aliphatic rings. The van der Waals surface area contributed by atoms with E-state index in [4.69, 9.17) is 16.3 Å². The van der Waals surface area contributed by atoms with Crippen molar-refractivity contribution in [1.82, 2.24) is 19.3 Å². The molecule has 0 radical (unpaired) electrons. The molecule has 0 saturated heterocycles. The minimum absolute atomic E-state index is 0.0709. The first-order valence-electron chi connectivity index (χ1n) is 10.8. The number of imidazole rings is 1. The lowest BCUT2D eigenvalue weighted by molar-refractivity contribution is -0.392. The molecule has 0 spiro atoms. The zero-order chi connectivity index (χ0) is 25.1. The summed E-state index contributed by atoms with van der Waals surface area (Å²) in [5.41, 5.74) is 2.34. The number of nitro groups is 1. The number of nitrogens with zero attached hydrogens (tertiary/aromatic N) is 5. The number of rotatable bonds is 8. The van der Waals surface area contributed by atoms with E-state index < -0.39 is 16.7 Å². The van der Waals surface area contributed by atoms with E-state index in [1.54, 1.807) is 54.9 Å². The number of carbonyl (C=O) groups is 1. The molecule has 0 unspecified atom stereocenters.